The van der Waals surface area contributed by atoms with Gasteiger partial charge in [0.25, 0.3) is 0 Å². The van der Waals surface area contributed by atoms with Crippen LogP contribution in [-0.4, -0.2) is 31.5 Å². The van der Waals surface area contributed by atoms with Gasteiger partial charge in [-0.2, -0.15) is 5.10 Å². The van der Waals surface area contributed by atoms with E-state index in [1.54, 1.807) is 0 Å². The monoisotopic (exact) mass is 314 g/mol. The molecule has 0 fully saturated rings. The molecule has 0 spiro atoms. The van der Waals surface area contributed by atoms with E-state index < -0.39 is 0 Å². The number of hydrogen-bond donors (Lipinski definition) is 1. The van der Waals surface area contributed by atoms with Crippen molar-refractivity contribution in [3.63, 3.8) is 0 Å². The molecule has 5 nitrogen and oxygen atoms in total. The molecule has 2 heterocycles. The summed E-state index contributed by atoms with van der Waals surface area (Å²) in [5.41, 5.74) is 0.808. The van der Waals surface area contributed by atoms with Gasteiger partial charge in [0.15, 0.2) is 16.1 Å². The molecule has 0 aliphatic heterocycles. The lowest BCUT2D eigenvalue weighted by Gasteiger charge is -2.11. The fourth-order valence-electron chi connectivity index (χ4n) is 1.92. The topological polar surface area (TPSA) is 63.8 Å². The Bertz CT molecular complexity index is 581. The van der Waals surface area contributed by atoms with Crippen LogP contribution in [0.1, 0.15) is 43.4 Å². The van der Waals surface area contributed by atoms with Gasteiger partial charge in [0.2, 0.25) is 0 Å². The fraction of sp³-hybridized carbons (Fsp3) is 0.615. The first-order chi connectivity index (χ1) is 9.56. The second kappa shape index (κ2) is 6.65. The zero-order valence-corrected chi connectivity index (χ0v) is 13.5. The van der Waals surface area contributed by atoms with Crippen LogP contribution in [0.15, 0.2) is 0 Å². The van der Waals surface area contributed by atoms with E-state index in [1.807, 2.05) is 11.6 Å². The van der Waals surface area contributed by atoms with Gasteiger partial charge in [-0.25, -0.2) is 14.6 Å². The minimum Gasteiger partial charge on any atom is -0.396 e. The largest absolute Gasteiger partial charge is 0.396 e. The molecule has 0 saturated heterocycles. The third-order valence-electron chi connectivity index (χ3n) is 3.22. The first kappa shape index (κ1) is 15.4. The Hall–Kier alpha value is -0.980. The Morgan fingerprint density at radius 3 is 2.70 bits per heavy atom. The molecule has 2 aromatic heterocycles. The Labute approximate surface area is 127 Å². The van der Waals surface area contributed by atoms with E-state index in [4.69, 9.17) is 16.7 Å². The van der Waals surface area contributed by atoms with Crippen molar-refractivity contribution in [1.29, 1.82) is 0 Å². The Morgan fingerprint density at radius 2 is 2.15 bits per heavy atom. The summed E-state index contributed by atoms with van der Waals surface area (Å²) in [7, 11) is 0. The molecule has 0 saturated carbocycles. The normalized spacial score (nSPS) is 12.8. The maximum atomic E-state index is 8.93. The van der Waals surface area contributed by atoms with E-state index in [1.165, 1.54) is 11.3 Å². The number of aliphatic hydroxyl groups excluding tert-OH is 1. The van der Waals surface area contributed by atoms with Gasteiger partial charge < -0.3 is 5.11 Å². The molecule has 0 aromatic carbocycles. The summed E-state index contributed by atoms with van der Waals surface area (Å²) in [4.78, 5) is 9.99. The fourth-order valence-corrected chi connectivity index (χ4v) is 2.98. The minimum atomic E-state index is 0.148. The summed E-state index contributed by atoms with van der Waals surface area (Å²) in [5.74, 6) is 1.52. The molecule has 0 aliphatic carbocycles. The van der Waals surface area contributed by atoms with Crippen LogP contribution in [0.2, 0.25) is 4.47 Å². The van der Waals surface area contributed by atoms with Crippen molar-refractivity contribution in [1.82, 2.24) is 19.7 Å². The van der Waals surface area contributed by atoms with Gasteiger partial charge in [0.1, 0.15) is 5.69 Å². The average Bonchev–Trinajstić information content (AvgIpc) is 2.98. The predicted octanol–water partition coefficient (Wildman–Crippen LogP) is 3.26. The van der Waals surface area contributed by atoms with E-state index in [9.17, 15) is 0 Å². The lowest BCUT2D eigenvalue weighted by molar-refractivity contribution is 0.287. The number of hydrogen-bond acceptors (Lipinski definition) is 5. The molecule has 0 aliphatic rings. The molecular weight excluding hydrogens is 296 g/mol. The van der Waals surface area contributed by atoms with Gasteiger partial charge in [-0.3, -0.25) is 0 Å². The van der Waals surface area contributed by atoms with Crippen molar-refractivity contribution in [2.45, 2.75) is 46.1 Å². The van der Waals surface area contributed by atoms with Crippen LogP contribution < -0.4 is 0 Å². The maximum absolute atomic E-state index is 8.93. The molecule has 1 atom stereocenters. The molecule has 1 unspecified atom stereocenters. The Kier molecular flexibility index (Phi) is 5.12. The zero-order valence-electron chi connectivity index (χ0n) is 11.9. The number of nitrogens with zero attached hydrogens (tertiary/aromatic N) is 4. The molecule has 20 heavy (non-hydrogen) atoms. The van der Waals surface area contributed by atoms with E-state index >= 15 is 0 Å². The summed E-state index contributed by atoms with van der Waals surface area (Å²) < 4.78 is 2.44. The predicted molar refractivity (Wildman–Crippen MR) is 81.3 cm³/mol. The number of aromatic nitrogens is 4. The maximum Gasteiger partial charge on any atom is 0.184 e. The highest BCUT2D eigenvalue weighted by molar-refractivity contribution is 7.16. The van der Waals surface area contributed by atoms with Crippen molar-refractivity contribution in [2.75, 3.05) is 6.61 Å². The molecular formula is C13H19ClN4OS. The summed E-state index contributed by atoms with van der Waals surface area (Å²) in [6.07, 6.45) is 2.30. The lowest BCUT2D eigenvalue weighted by atomic mass is 10.2. The highest BCUT2D eigenvalue weighted by Crippen LogP contribution is 2.30. The van der Waals surface area contributed by atoms with Crippen molar-refractivity contribution in [3.05, 3.63) is 15.2 Å². The second-order valence-electron chi connectivity index (χ2n) is 4.75. The Balaban J connectivity index is 2.43. The van der Waals surface area contributed by atoms with Crippen LogP contribution in [0, 0.1) is 6.92 Å². The van der Waals surface area contributed by atoms with Crippen LogP contribution >= 0.6 is 22.9 Å². The van der Waals surface area contributed by atoms with Crippen LogP contribution in [0.5, 0.6) is 0 Å². The number of halogens is 1. The quantitative estimate of drug-likeness (QED) is 0.889. The van der Waals surface area contributed by atoms with Crippen LogP contribution in [0.25, 0.3) is 11.5 Å². The first-order valence-electron chi connectivity index (χ1n) is 6.76. The molecule has 0 bridgehead atoms. The zero-order chi connectivity index (χ0) is 14.7. The van der Waals surface area contributed by atoms with Crippen molar-refractivity contribution in [3.8, 4) is 11.5 Å². The molecule has 2 rings (SSSR count). The Morgan fingerprint density at radius 1 is 1.40 bits per heavy atom. The lowest BCUT2D eigenvalue weighted by Crippen LogP contribution is -2.08. The highest BCUT2D eigenvalue weighted by atomic mass is 35.5. The molecule has 7 heteroatoms. The second-order valence-corrected chi connectivity index (χ2v) is 6.54. The van der Waals surface area contributed by atoms with Gasteiger partial charge in [0, 0.05) is 17.9 Å². The van der Waals surface area contributed by atoms with Gasteiger partial charge >= 0.3 is 0 Å². The molecule has 0 amide bonds. The molecule has 2 aromatic rings. The van der Waals surface area contributed by atoms with Crippen LogP contribution in [0.4, 0.5) is 0 Å². The SMILES string of the molecule is CCC(C)n1nc(CCCO)nc1-c1nc(Cl)sc1C. The highest BCUT2D eigenvalue weighted by Gasteiger charge is 2.20. The van der Waals surface area contributed by atoms with Crippen LogP contribution in [-0.2, 0) is 6.42 Å². The van der Waals surface area contributed by atoms with E-state index in [0.717, 1.165) is 28.6 Å². The van der Waals surface area contributed by atoms with Crippen molar-refractivity contribution in [2.24, 2.45) is 0 Å². The van der Waals surface area contributed by atoms with Crippen molar-refractivity contribution < 1.29 is 5.11 Å². The smallest absolute Gasteiger partial charge is 0.184 e. The summed E-state index contributed by atoms with van der Waals surface area (Å²) >= 11 is 7.44. The van der Waals surface area contributed by atoms with E-state index in [0.29, 0.717) is 17.3 Å². The average molecular weight is 315 g/mol. The summed E-state index contributed by atoms with van der Waals surface area (Å²) in [5, 5.41) is 13.5. The van der Waals surface area contributed by atoms with Crippen molar-refractivity contribution >= 4 is 22.9 Å². The van der Waals surface area contributed by atoms with E-state index in [-0.39, 0.29) is 12.6 Å². The standard InChI is InChI=1S/C13H19ClN4OS/c1-4-8(2)18-12(11-9(3)20-13(14)16-11)15-10(17-18)6-5-7-19/h8,19H,4-7H2,1-3H3. The molecule has 0 radical (unpaired) electrons. The third-order valence-corrected chi connectivity index (χ3v) is 4.30. The molecule has 1 N–H and O–H groups in total. The van der Waals surface area contributed by atoms with E-state index in [2.05, 4.69) is 28.9 Å². The van der Waals surface area contributed by atoms with Crippen LogP contribution in [0.3, 0.4) is 0 Å². The van der Waals surface area contributed by atoms with Gasteiger partial charge in [-0.05, 0) is 26.7 Å². The third kappa shape index (κ3) is 3.19. The van der Waals surface area contributed by atoms with Gasteiger partial charge in [-0.1, -0.05) is 18.5 Å². The number of aryl methyl sites for hydroxylation is 2. The number of rotatable bonds is 6. The first-order valence-corrected chi connectivity index (χ1v) is 7.95. The minimum absolute atomic E-state index is 0.148. The number of thiazole rings is 1. The summed E-state index contributed by atoms with van der Waals surface area (Å²) in [6.45, 7) is 6.36. The van der Waals surface area contributed by atoms with Gasteiger partial charge in [0.05, 0.1) is 6.04 Å². The number of aliphatic hydroxyl groups is 1. The molecule has 110 valence electrons. The summed E-state index contributed by atoms with van der Waals surface area (Å²) in [6, 6.07) is 0.250. The van der Waals surface area contributed by atoms with Gasteiger partial charge in [-0.15, -0.1) is 11.3 Å².